The lowest BCUT2D eigenvalue weighted by Gasteiger charge is -2.33. The molecule has 1 unspecified atom stereocenters. The molecule has 1 aliphatic rings. The third kappa shape index (κ3) is 7.66. The van der Waals surface area contributed by atoms with Gasteiger partial charge in [0.2, 0.25) is 11.8 Å². The summed E-state index contributed by atoms with van der Waals surface area (Å²) >= 11 is 25.3. The van der Waals surface area contributed by atoms with E-state index < -0.39 is 6.04 Å². The number of nitrogens with zero attached hydrogens (tertiary/aromatic N) is 1. The Morgan fingerprint density at radius 3 is 2.13 bits per heavy atom. The second kappa shape index (κ2) is 13.7. The molecule has 3 aromatic carbocycles. The summed E-state index contributed by atoms with van der Waals surface area (Å²) in [6, 6.07) is 19.5. The topological polar surface area (TPSA) is 49.4 Å². The molecule has 0 aromatic heterocycles. The number of hydrogen-bond donors (Lipinski definition) is 1. The number of hydrogen-bond acceptors (Lipinski definition) is 2. The van der Waals surface area contributed by atoms with Crippen LogP contribution in [0.1, 0.15) is 48.8 Å². The molecule has 0 spiro atoms. The molecule has 200 valence electrons. The van der Waals surface area contributed by atoms with Gasteiger partial charge in [-0.15, -0.1) is 0 Å². The van der Waals surface area contributed by atoms with Gasteiger partial charge >= 0.3 is 0 Å². The van der Waals surface area contributed by atoms with Gasteiger partial charge in [-0.1, -0.05) is 108 Å². The Hall–Kier alpha value is -2.24. The number of carbonyl (C=O) groups excluding carboxylic acids is 2. The number of rotatable bonds is 9. The van der Waals surface area contributed by atoms with E-state index in [0.29, 0.717) is 32.1 Å². The summed E-state index contributed by atoms with van der Waals surface area (Å²) in [5, 5.41) is 4.86. The lowest BCUT2D eigenvalue weighted by Crippen LogP contribution is -2.53. The third-order valence-electron chi connectivity index (χ3n) is 6.95. The molecule has 1 atom stereocenters. The molecule has 4 rings (SSSR count). The fraction of sp³-hybridized carbons (Fsp3) is 0.333. The van der Waals surface area contributed by atoms with Gasteiger partial charge in [0.05, 0.1) is 16.5 Å². The van der Waals surface area contributed by atoms with Gasteiger partial charge < -0.3 is 10.2 Å². The van der Waals surface area contributed by atoms with E-state index in [4.69, 9.17) is 46.4 Å². The first kappa shape index (κ1) is 28.8. The molecule has 8 heteroatoms. The highest BCUT2D eigenvalue weighted by atomic mass is 35.5. The van der Waals surface area contributed by atoms with Crippen LogP contribution in [0.25, 0.3) is 0 Å². The van der Waals surface area contributed by atoms with Crippen molar-refractivity contribution in [1.82, 2.24) is 10.2 Å². The van der Waals surface area contributed by atoms with E-state index in [1.165, 1.54) is 6.42 Å². The van der Waals surface area contributed by atoms with Gasteiger partial charge in [0, 0.05) is 29.1 Å². The zero-order valence-electron chi connectivity index (χ0n) is 20.9. The minimum Gasteiger partial charge on any atom is -0.352 e. The van der Waals surface area contributed by atoms with Crippen molar-refractivity contribution in [3.8, 4) is 0 Å². The van der Waals surface area contributed by atoms with Gasteiger partial charge in [0.25, 0.3) is 0 Å². The normalized spacial score (nSPS) is 14.6. The largest absolute Gasteiger partial charge is 0.352 e. The second-order valence-corrected chi connectivity index (χ2v) is 11.3. The van der Waals surface area contributed by atoms with Crippen LogP contribution in [-0.2, 0) is 29.0 Å². The van der Waals surface area contributed by atoms with E-state index in [1.807, 2.05) is 36.4 Å². The van der Waals surface area contributed by atoms with Crippen LogP contribution in [0.3, 0.4) is 0 Å². The molecular weight excluding hydrogens is 562 g/mol. The Morgan fingerprint density at radius 2 is 1.47 bits per heavy atom. The molecule has 38 heavy (non-hydrogen) atoms. The summed E-state index contributed by atoms with van der Waals surface area (Å²) in [6.45, 7) is 0.174. The molecule has 0 saturated heterocycles. The van der Waals surface area contributed by atoms with Crippen LogP contribution in [0, 0.1) is 0 Å². The van der Waals surface area contributed by atoms with Gasteiger partial charge in [0.1, 0.15) is 6.04 Å². The summed E-state index contributed by atoms with van der Waals surface area (Å²) in [5.74, 6) is -0.426. The van der Waals surface area contributed by atoms with Crippen LogP contribution < -0.4 is 5.32 Å². The standard InChI is InChI=1S/C30H30Cl4N2O2/c31-24-12-7-13-25(32)23(24)18-29(37)36(19-21-14-15-26(33)27(34)16-21)28(17-20-8-3-1-4-9-20)30(38)35-22-10-5-2-6-11-22/h1,3-4,7-9,12-16,22,28H,2,5-6,10-11,17-19H2,(H,35,38). The first-order chi connectivity index (χ1) is 18.3. The Morgan fingerprint density at radius 1 is 0.789 bits per heavy atom. The molecule has 1 N–H and O–H groups in total. The maximum atomic E-state index is 14.0. The van der Waals surface area contributed by atoms with Crippen molar-refractivity contribution >= 4 is 58.2 Å². The summed E-state index contributed by atoms with van der Waals surface area (Å²) in [5.41, 5.74) is 2.26. The van der Waals surface area contributed by atoms with E-state index in [2.05, 4.69) is 5.32 Å². The van der Waals surface area contributed by atoms with E-state index in [9.17, 15) is 9.59 Å². The average molecular weight is 592 g/mol. The molecule has 4 nitrogen and oxygen atoms in total. The number of nitrogens with one attached hydrogen (secondary N) is 1. The Balaban J connectivity index is 1.70. The second-order valence-electron chi connectivity index (χ2n) is 9.70. The third-order valence-corrected chi connectivity index (χ3v) is 8.40. The van der Waals surface area contributed by atoms with Crippen molar-refractivity contribution in [2.75, 3.05) is 0 Å². The Kier molecular flexibility index (Phi) is 10.4. The highest BCUT2D eigenvalue weighted by Crippen LogP contribution is 2.28. The summed E-state index contributed by atoms with van der Waals surface area (Å²) < 4.78 is 0. The van der Waals surface area contributed by atoms with Gasteiger partial charge in [-0.2, -0.15) is 0 Å². The highest BCUT2D eigenvalue weighted by Gasteiger charge is 2.32. The lowest BCUT2D eigenvalue weighted by atomic mass is 9.94. The Labute approximate surface area is 244 Å². The van der Waals surface area contributed by atoms with Crippen LogP contribution in [0.5, 0.6) is 0 Å². The minimum absolute atomic E-state index is 0.0399. The molecule has 1 saturated carbocycles. The summed E-state index contributed by atoms with van der Waals surface area (Å²) in [6.07, 6.45) is 5.57. The van der Waals surface area contributed by atoms with Crippen molar-refractivity contribution in [3.63, 3.8) is 0 Å². The molecule has 3 aromatic rings. The quantitative estimate of drug-likeness (QED) is 0.275. The molecular formula is C30H30Cl4N2O2. The fourth-order valence-electron chi connectivity index (χ4n) is 4.89. The first-order valence-corrected chi connectivity index (χ1v) is 14.3. The van der Waals surface area contributed by atoms with Crippen LogP contribution >= 0.6 is 46.4 Å². The smallest absolute Gasteiger partial charge is 0.243 e. The van der Waals surface area contributed by atoms with Crippen molar-refractivity contribution < 1.29 is 9.59 Å². The molecule has 2 amide bonds. The molecule has 0 bridgehead atoms. The molecule has 0 heterocycles. The van der Waals surface area contributed by atoms with Crippen molar-refractivity contribution in [3.05, 3.63) is 104 Å². The molecule has 1 aliphatic carbocycles. The molecule has 0 radical (unpaired) electrons. The minimum atomic E-state index is -0.748. The zero-order chi connectivity index (χ0) is 27.1. The van der Waals surface area contributed by atoms with Crippen molar-refractivity contribution in [2.45, 2.75) is 63.6 Å². The summed E-state index contributed by atoms with van der Waals surface area (Å²) in [4.78, 5) is 29.4. The van der Waals surface area contributed by atoms with E-state index in [1.54, 1.807) is 35.2 Å². The van der Waals surface area contributed by atoms with Gasteiger partial charge in [-0.3, -0.25) is 9.59 Å². The van der Waals surface area contributed by atoms with Crippen molar-refractivity contribution in [1.29, 1.82) is 0 Å². The maximum absolute atomic E-state index is 14.0. The first-order valence-electron chi connectivity index (χ1n) is 12.8. The number of carbonyl (C=O) groups is 2. The average Bonchev–Trinajstić information content (AvgIpc) is 2.91. The predicted molar refractivity (Wildman–Crippen MR) is 156 cm³/mol. The summed E-state index contributed by atoms with van der Waals surface area (Å²) in [7, 11) is 0. The van der Waals surface area contributed by atoms with E-state index >= 15 is 0 Å². The number of halogens is 4. The fourth-order valence-corrected chi connectivity index (χ4v) is 5.74. The predicted octanol–water partition coefficient (Wildman–Crippen LogP) is 7.93. The maximum Gasteiger partial charge on any atom is 0.243 e. The van der Waals surface area contributed by atoms with E-state index in [-0.39, 0.29) is 30.8 Å². The molecule has 0 aliphatic heterocycles. The van der Waals surface area contributed by atoms with Crippen LogP contribution in [0.2, 0.25) is 20.1 Å². The van der Waals surface area contributed by atoms with Gasteiger partial charge in [-0.25, -0.2) is 0 Å². The van der Waals surface area contributed by atoms with Crippen molar-refractivity contribution in [2.24, 2.45) is 0 Å². The SMILES string of the molecule is O=C(NC1CCCCC1)C(Cc1ccccc1)N(Cc1ccc(Cl)c(Cl)c1)C(=O)Cc1c(Cl)cccc1Cl. The van der Waals surface area contributed by atoms with Crippen LogP contribution in [-0.4, -0.2) is 28.8 Å². The highest BCUT2D eigenvalue weighted by molar-refractivity contribution is 6.42. The van der Waals surface area contributed by atoms with Crippen LogP contribution in [0.15, 0.2) is 66.7 Å². The van der Waals surface area contributed by atoms with E-state index in [0.717, 1.165) is 36.8 Å². The molecule has 1 fully saturated rings. The van der Waals surface area contributed by atoms with Gasteiger partial charge in [-0.05, 0) is 53.8 Å². The monoisotopic (exact) mass is 590 g/mol. The lowest BCUT2D eigenvalue weighted by molar-refractivity contribution is -0.141. The number of amides is 2. The van der Waals surface area contributed by atoms with Gasteiger partial charge in [0.15, 0.2) is 0 Å². The van der Waals surface area contributed by atoms with Crippen LogP contribution in [0.4, 0.5) is 0 Å². The zero-order valence-corrected chi connectivity index (χ0v) is 24.0. The Bertz CT molecular complexity index is 1240. The number of benzene rings is 3.